The molecule has 0 aliphatic carbocycles. The lowest BCUT2D eigenvalue weighted by molar-refractivity contribution is -0.133. The van der Waals surface area contributed by atoms with Crippen molar-refractivity contribution in [3.05, 3.63) is 102 Å². The van der Waals surface area contributed by atoms with Gasteiger partial charge < -0.3 is 24.4 Å². The van der Waals surface area contributed by atoms with Crippen LogP contribution in [0.4, 0.5) is 22.0 Å². The highest BCUT2D eigenvalue weighted by molar-refractivity contribution is 6.01. The first-order valence-corrected chi connectivity index (χ1v) is 24.9. The van der Waals surface area contributed by atoms with Crippen LogP contribution in [0.5, 0.6) is 0 Å². The van der Waals surface area contributed by atoms with Gasteiger partial charge in [-0.15, -0.1) is 0 Å². The standard InChI is InChI=1S/C54H65N11O5/c1-35(47-31-44-43(16-21-56-50(44)61(47)5)40-10-14-48(57-33-40)59-53(69)70-54(2,3)4)63-24-19-38(20-25-63)37-6-8-39(9-7-37)52(68)65-22-17-36(18-23-65)34-62-26-28-64(29-27-62)46-13-11-42(30-41(46)32-55)58-45-12-15-49(66)60-51(45)67/h6-11,13-14,16,21,30-31,33,35-36,38,45,58H,12,15,17-20,22-29,34H2,1-5H3,(H,57,59,69)(H,60,66,67)/t35-,45?/m0/s1. The lowest BCUT2D eigenvalue weighted by Gasteiger charge is -2.40. The van der Waals surface area contributed by atoms with Crippen LogP contribution in [0.25, 0.3) is 22.2 Å². The summed E-state index contributed by atoms with van der Waals surface area (Å²) in [7, 11) is 2.09. The monoisotopic (exact) mass is 948 g/mol. The number of rotatable bonds is 11. The number of nitriles is 1. The first-order chi connectivity index (χ1) is 33.7. The van der Waals surface area contributed by atoms with E-state index in [4.69, 9.17) is 9.72 Å². The lowest BCUT2D eigenvalue weighted by Crippen LogP contribution is -2.49. The van der Waals surface area contributed by atoms with Crippen LogP contribution in [-0.4, -0.2) is 124 Å². The van der Waals surface area contributed by atoms with E-state index in [0.29, 0.717) is 41.7 Å². The maximum Gasteiger partial charge on any atom is 0.413 e. The molecule has 70 heavy (non-hydrogen) atoms. The van der Waals surface area contributed by atoms with Gasteiger partial charge in [0.05, 0.1) is 11.3 Å². The van der Waals surface area contributed by atoms with Crippen molar-refractivity contribution in [2.75, 3.05) is 74.4 Å². The molecule has 16 nitrogen and oxygen atoms in total. The molecule has 4 amide bonds. The number of piperidine rings is 3. The molecule has 4 saturated heterocycles. The highest BCUT2D eigenvalue weighted by Gasteiger charge is 2.31. The summed E-state index contributed by atoms with van der Waals surface area (Å²) in [5.74, 6) is 0.924. The average Bonchev–Trinajstić information content (AvgIpc) is 3.70. The summed E-state index contributed by atoms with van der Waals surface area (Å²) < 4.78 is 7.57. The number of nitrogens with one attached hydrogen (secondary N) is 3. The van der Waals surface area contributed by atoms with Crippen LogP contribution in [0.2, 0.25) is 0 Å². The molecular weight excluding hydrogens is 883 g/mol. The Hall–Kier alpha value is -6.83. The predicted octanol–water partition coefficient (Wildman–Crippen LogP) is 7.69. The first-order valence-electron chi connectivity index (χ1n) is 24.9. The van der Waals surface area contributed by atoms with Crippen molar-refractivity contribution in [2.24, 2.45) is 13.0 Å². The fourth-order valence-electron chi connectivity index (χ4n) is 10.7. The zero-order valence-corrected chi connectivity index (χ0v) is 41.0. The van der Waals surface area contributed by atoms with Crippen molar-refractivity contribution < 1.29 is 23.9 Å². The van der Waals surface area contributed by atoms with E-state index in [9.17, 15) is 24.4 Å². The molecule has 1 unspecified atom stereocenters. The van der Waals surface area contributed by atoms with Crippen molar-refractivity contribution in [3.63, 3.8) is 0 Å². The zero-order chi connectivity index (χ0) is 49.1. The molecule has 2 aromatic carbocycles. The Bertz CT molecular complexity index is 2750. The maximum absolute atomic E-state index is 13.7. The van der Waals surface area contributed by atoms with E-state index in [1.165, 1.54) is 11.3 Å². The maximum atomic E-state index is 13.7. The first kappa shape index (κ1) is 48.2. The quantitative estimate of drug-likeness (QED) is 0.110. The molecule has 366 valence electrons. The number of hydrogen-bond acceptors (Lipinski definition) is 12. The minimum atomic E-state index is -0.598. The highest BCUT2D eigenvalue weighted by atomic mass is 16.6. The SMILES string of the molecule is C[C@@H](c1cc2c(-c3ccc(NC(=O)OC(C)(C)C)nc3)ccnc2n1C)N1CCC(c2ccc(C(=O)N3CCC(CN4CCN(c5ccc(NC6CCC(=O)NC6=O)cc5C#N)CC4)CC3)cc2)CC1. The van der Waals surface area contributed by atoms with Gasteiger partial charge in [0.15, 0.2) is 0 Å². The average molecular weight is 948 g/mol. The van der Waals surface area contributed by atoms with E-state index >= 15 is 0 Å². The molecule has 9 rings (SSSR count). The molecule has 2 atom stereocenters. The third-order valence-corrected chi connectivity index (χ3v) is 14.6. The Morgan fingerprint density at radius 3 is 2.30 bits per heavy atom. The van der Waals surface area contributed by atoms with Gasteiger partial charge in [0.2, 0.25) is 11.8 Å². The van der Waals surface area contributed by atoms with Crippen molar-refractivity contribution in [2.45, 2.75) is 89.8 Å². The minimum absolute atomic E-state index is 0.116. The number of fused-ring (bicyclic) bond motifs is 1. The summed E-state index contributed by atoms with van der Waals surface area (Å²) in [6.45, 7) is 15.7. The molecular formula is C54H65N11O5. The number of aryl methyl sites for hydroxylation is 1. The van der Waals surface area contributed by atoms with E-state index in [1.54, 1.807) is 18.3 Å². The number of amides is 4. The minimum Gasteiger partial charge on any atom is -0.444 e. The number of benzene rings is 2. The van der Waals surface area contributed by atoms with Crippen LogP contribution in [0, 0.1) is 17.2 Å². The van der Waals surface area contributed by atoms with Crippen LogP contribution in [0.3, 0.4) is 0 Å². The smallest absolute Gasteiger partial charge is 0.413 e. The molecule has 4 fully saturated rings. The number of piperazine rings is 1. The molecule has 0 radical (unpaired) electrons. The van der Waals surface area contributed by atoms with Crippen molar-refractivity contribution in [1.82, 2.24) is 34.6 Å². The Balaban J connectivity index is 0.720. The van der Waals surface area contributed by atoms with E-state index in [0.717, 1.165) is 118 Å². The number of hydrogen-bond donors (Lipinski definition) is 3. The Morgan fingerprint density at radius 2 is 1.63 bits per heavy atom. The summed E-state index contributed by atoms with van der Waals surface area (Å²) in [5.41, 5.74) is 7.70. The molecule has 3 N–H and O–H groups in total. The van der Waals surface area contributed by atoms with Gasteiger partial charge in [-0.25, -0.2) is 14.8 Å². The molecule has 0 bridgehead atoms. The fourth-order valence-corrected chi connectivity index (χ4v) is 10.7. The number of carbonyl (C=O) groups is 4. The number of ether oxygens (including phenoxy) is 1. The van der Waals surface area contributed by atoms with Crippen molar-refractivity contribution >= 4 is 52.0 Å². The van der Waals surface area contributed by atoms with E-state index in [-0.39, 0.29) is 23.8 Å². The van der Waals surface area contributed by atoms with Crippen LogP contribution < -0.4 is 20.9 Å². The number of anilines is 3. The summed E-state index contributed by atoms with van der Waals surface area (Å²) >= 11 is 0. The molecule has 5 aromatic rings. The van der Waals surface area contributed by atoms with Crippen molar-refractivity contribution in [3.8, 4) is 17.2 Å². The number of aromatic nitrogens is 3. The molecule has 4 aliphatic rings. The van der Waals surface area contributed by atoms with Crippen LogP contribution in [0.15, 0.2) is 79.1 Å². The van der Waals surface area contributed by atoms with Gasteiger partial charge in [-0.05, 0) is 150 Å². The molecule has 16 heteroatoms. The molecule has 7 heterocycles. The van der Waals surface area contributed by atoms with Gasteiger partial charge in [-0.1, -0.05) is 12.1 Å². The van der Waals surface area contributed by atoms with Gasteiger partial charge in [0.25, 0.3) is 5.91 Å². The van der Waals surface area contributed by atoms with Gasteiger partial charge >= 0.3 is 6.09 Å². The highest BCUT2D eigenvalue weighted by Crippen LogP contribution is 2.37. The van der Waals surface area contributed by atoms with E-state index in [1.807, 2.05) is 68.3 Å². The van der Waals surface area contributed by atoms with Gasteiger partial charge in [0, 0.05) is 106 Å². The summed E-state index contributed by atoms with van der Waals surface area (Å²) in [6, 6.07) is 24.1. The molecule has 0 spiro atoms. The number of likely N-dealkylation sites (tertiary alicyclic amines) is 2. The fraction of sp³-hybridized carbons (Fsp3) is 0.463. The van der Waals surface area contributed by atoms with Gasteiger partial charge in [0.1, 0.15) is 29.2 Å². The summed E-state index contributed by atoms with van der Waals surface area (Å²) in [4.78, 5) is 68.4. The van der Waals surface area contributed by atoms with Gasteiger partial charge in [-0.2, -0.15) is 5.26 Å². The van der Waals surface area contributed by atoms with E-state index in [2.05, 4.69) is 78.4 Å². The third-order valence-electron chi connectivity index (χ3n) is 14.6. The van der Waals surface area contributed by atoms with Gasteiger partial charge in [-0.3, -0.25) is 34.8 Å². The van der Waals surface area contributed by atoms with Crippen molar-refractivity contribution in [1.29, 1.82) is 5.26 Å². The summed E-state index contributed by atoms with van der Waals surface area (Å²) in [5, 5.41) is 19.3. The number of imide groups is 1. The largest absolute Gasteiger partial charge is 0.444 e. The van der Waals surface area contributed by atoms with E-state index < -0.39 is 17.7 Å². The Kier molecular flexibility index (Phi) is 14.2. The molecule has 4 aliphatic heterocycles. The Morgan fingerprint density at radius 1 is 0.886 bits per heavy atom. The number of carbonyl (C=O) groups excluding carboxylic acids is 4. The van der Waals surface area contributed by atoms with Crippen LogP contribution in [0.1, 0.15) is 105 Å². The Labute approximate surface area is 410 Å². The second kappa shape index (κ2) is 20.6. The zero-order valence-electron chi connectivity index (χ0n) is 41.0. The number of nitrogens with zero attached hydrogens (tertiary/aromatic N) is 8. The topological polar surface area (TPSA) is 181 Å². The second-order valence-corrected chi connectivity index (χ2v) is 20.4. The molecule has 3 aromatic heterocycles. The molecule has 0 saturated carbocycles. The number of pyridine rings is 2. The normalized spacial score (nSPS) is 19.4. The van der Waals surface area contributed by atoms with Crippen LogP contribution >= 0.6 is 0 Å². The predicted molar refractivity (Wildman–Crippen MR) is 270 cm³/mol. The second-order valence-electron chi connectivity index (χ2n) is 20.4. The summed E-state index contributed by atoms with van der Waals surface area (Å²) in [6.07, 6.45) is 7.85. The van der Waals surface area contributed by atoms with Crippen LogP contribution in [-0.2, 0) is 21.4 Å². The third kappa shape index (κ3) is 11.0. The lowest BCUT2D eigenvalue weighted by atomic mass is 9.88.